The van der Waals surface area contributed by atoms with Crippen molar-refractivity contribution in [3.63, 3.8) is 0 Å². The lowest BCUT2D eigenvalue weighted by Gasteiger charge is -2.43. The Morgan fingerprint density at radius 2 is 1.74 bits per heavy atom. The largest absolute Gasteiger partial charge is 0.497 e. The second-order valence-corrected chi connectivity index (χ2v) is 14.8. The minimum absolute atomic E-state index is 0.0564. The van der Waals surface area contributed by atoms with Crippen LogP contribution >= 0.6 is 34.7 Å². The third kappa shape index (κ3) is 4.96. The number of ether oxygens (including phenoxy) is 2. The normalized spacial score (nSPS) is 27.0. The maximum absolute atomic E-state index is 14.0. The monoisotopic (exact) mass is 691 g/mol. The Labute approximate surface area is 281 Å². The van der Waals surface area contributed by atoms with Gasteiger partial charge in [0, 0.05) is 32.3 Å². The third-order valence-corrected chi connectivity index (χ3v) is 12.7. The maximum Gasteiger partial charge on any atom is 0.305 e. The number of benzene rings is 3. The van der Waals surface area contributed by atoms with Gasteiger partial charge in [0.15, 0.2) is 6.61 Å². The second-order valence-electron chi connectivity index (χ2n) is 12.2. The highest BCUT2D eigenvalue weighted by Crippen LogP contribution is 2.69. The molecule has 240 valence electrons. The molecule has 3 aromatic carbocycles. The number of aromatic amines is 1. The van der Waals surface area contributed by atoms with Gasteiger partial charge in [-0.1, -0.05) is 22.9 Å². The number of rotatable bonds is 7. The first-order valence-corrected chi connectivity index (χ1v) is 17.2. The van der Waals surface area contributed by atoms with Crippen LogP contribution in [0.25, 0.3) is 0 Å². The van der Waals surface area contributed by atoms with Crippen LogP contribution in [0, 0.1) is 35.4 Å². The molecule has 0 radical (unpaired) electrons. The van der Waals surface area contributed by atoms with Gasteiger partial charge in [-0.25, -0.2) is 4.39 Å². The highest BCUT2D eigenvalue weighted by atomic mass is 35.5. The molecule has 2 bridgehead atoms. The molecule has 3 heterocycles. The van der Waals surface area contributed by atoms with Crippen LogP contribution in [0.15, 0.2) is 76.6 Å². The van der Waals surface area contributed by atoms with E-state index in [1.54, 1.807) is 61.3 Å². The molecule has 9 nitrogen and oxygen atoms in total. The van der Waals surface area contributed by atoms with Gasteiger partial charge in [0.25, 0.3) is 5.91 Å². The third-order valence-electron chi connectivity index (χ3n) is 9.85. The number of amides is 3. The number of hydrogen-bond donors (Lipinski definition) is 2. The van der Waals surface area contributed by atoms with E-state index < -0.39 is 17.7 Å². The number of anilines is 2. The molecule has 4 unspecified atom stereocenters. The lowest BCUT2D eigenvalue weighted by atomic mass is 9.68. The predicted molar refractivity (Wildman–Crippen MR) is 176 cm³/mol. The van der Waals surface area contributed by atoms with Gasteiger partial charge in [-0.05, 0) is 90.9 Å². The van der Waals surface area contributed by atoms with Crippen LogP contribution in [0.5, 0.6) is 11.5 Å². The van der Waals surface area contributed by atoms with Crippen LogP contribution in [0.4, 0.5) is 15.8 Å². The number of halogens is 2. The number of fused-ring (bicyclic) bond motifs is 9. The zero-order chi connectivity index (χ0) is 32.6. The molecular weight excluding hydrogens is 665 g/mol. The van der Waals surface area contributed by atoms with Crippen molar-refractivity contribution in [2.75, 3.05) is 23.9 Å². The molecule has 13 heteroatoms. The summed E-state index contributed by atoms with van der Waals surface area (Å²) in [5.41, 5.74) is 1.67. The zero-order valence-electron chi connectivity index (χ0n) is 24.8. The highest BCUT2D eigenvalue weighted by molar-refractivity contribution is 8.00. The Bertz CT molecular complexity index is 1980. The number of aromatic nitrogens is 1. The summed E-state index contributed by atoms with van der Waals surface area (Å²) >= 11 is 9.26. The van der Waals surface area contributed by atoms with Crippen molar-refractivity contribution >= 4 is 63.8 Å². The fourth-order valence-corrected chi connectivity index (χ4v) is 11.2. The Hall–Kier alpha value is -4.13. The average Bonchev–Trinajstić information content (AvgIpc) is 3.80. The Kier molecular flexibility index (Phi) is 7.42. The molecule has 2 N–H and O–H groups in total. The van der Waals surface area contributed by atoms with Gasteiger partial charge >= 0.3 is 4.87 Å². The summed E-state index contributed by atoms with van der Waals surface area (Å²) in [6.45, 7) is -0.275. The van der Waals surface area contributed by atoms with E-state index in [9.17, 15) is 23.6 Å². The van der Waals surface area contributed by atoms with Crippen molar-refractivity contribution in [3.05, 3.63) is 97.7 Å². The lowest BCUT2D eigenvalue weighted by Crippen LogP contribution is -2.42. The number of H-pyrrole nitrogens is 1. The molecule has 8 rings (SSSR count). The molecule has 2 aliphatic carbocycles. The van der Waals surface area contributed by atoms with E-state index in [2.05, 4.69) is 10.3 Å². The number of imide groups is 1. The molecule has 3 fully saturated rings. The predicted octanol–water partition coefficient (Wildman–Crippen LogP) is 5.93. The van der Waals surface area contributed by atoms with Crippen molar-refractivity contribution in [2.45, 2.75) is 22.6 Å². The number of methoxy groups -OCH3 is 1. The van der Waals surface area contributed by atoms with Gasteiger partial charge < -0.3 is 19.8 Å². The quantitative estimate of drug-likeness (QED) is 0.231. The van der Waals surface area contributed by atoms with Crippen LogP contribution in [-0.4, -0.2) is 41.7 Å². The highest BCUT2D eigenvalue weighted by Gasteiger charge is 2.69. The molecule has 47 heavy (non-hydrogen) atoms. The van der Waals surface area contributed by atoms with Crippen molar-refractivity contribution in [1.29, 1.82) is 0 Å². The molecule has 4 aliphatic rings. The molecule has 1 aromatic heterocycles. The van der Waals surface area contributed by atoms with Gasteiger partial charge in [0.05, 0.1) is 29.7 Å². The van der Waals surface area contributed by atoms with Crippen LogP contribution in [0.2, 0.25) is 5.02 Å². The van der Waals surface area contributed by atoms with Crippen molar-refractivity contribution in [2.24, 2.45) is 29.6 Å². The van der Waals surface area contributed by atoms with Gasteiger partial charge in [0.1, 0.15) is 17.3 Å². The summed E-state index contributed by atoms with van der Waals surface area (Å²) in [7, 11) is 1.57. The second kappa shape index (κ2) is 11.5. The molecule has 2 saturated carbocycles. The smallest absolute Gasteiger partial charge is 0.305 e. The zero-order valence-corrected chi connectivity index (χ0v) is 27.2. The fraction of sp³-hybridized carbons (Fsp3) is 0.294. The number of carbonyl (C=O) groups excluding carboxylic acids is 3. The summed E-state index contributed by atoms with van der Waals surface area (Å²) < 4.78 is 25.0. The Morgan fingerprint density at radius 1 is 1.02 bits per heavy atom. The van der Waals surface area contributed by atoms with E-state index in [0.717, 1.165) is 26.8 Å². The van der Waals surface area contributed by atoms with Gasteiger partial charge in [-0.2, -0.15) is 0 Å². The summed E-state index contributed by atoms with van der Waals surface area (Å²) in [6.07, 6.45) is 0.698. The van der Waals surface area contributed by atoms with E-state index in [0.29, 0.717) is 34.3 Å². The first kappa shape index (κ1) is 30.2. The van der Waals surface area contributed by atoms with Gasteiger partial charge in [0.2, 0.25) is 11.8 Å². The minimum Gasteiger partial charge on any atom is -0.497 e. The van der Waals surface area contributed by atoms with Crippen LogP contribution in [0.1, 0.15) is 22.8 Å². The number of thioether (sulfide) groups is 1. The number of thiazole rings is 1. The van der Waals surface area contributed by atoms with Crippen LogP contribution < -0.4 is 24.6 Å². The van der Waals surface area contributed by atoms with Gasteiger partial charge in [-0.3, -0.25) is 24.1 Å². The minimum atomic E-state index is -0.530. The molecular formula is C34H27ClFN3O6S2. The topological polar surface area (TPSA) is 118 Å². The number of hydrogen-bond acceptors (Lipinski definition) is 8. The summed E-state index contributed by atoms with van der Waals surface area (Å²) in [4.78, 5) is 58.3. The summed E-state index contributed by atoms with van der Waals surface area (Å²) in [6, 6.07) is 17.6. The van der Waals surface area contributed by atoms with E-state index in [1.807, 2.05) is 0 Å². The molecule has 3 amide bonds. The van der Waals surface area contributed by atoms with Crippen molar-refractivity contribution < 1.29 is 28.2 Å². The standard InChI is InChI=1S/C34H27ClFN3O6S2/c1-44-19-9-5-17(6-10-19)37-24(40)14-45-23-11-2-15(35)12-20(23)25-26-21-13-22(29(26)46-31-30(25)47-34(43)38-31)28-27(21)32(41)39(33(28)42)18-7-3-16(36)4-8-18/h2-12,21-22,25-29H,13-14H2,1H3,(H,37,40)(H,38,43)/t21-,22-,25-,26?,27?,28?,29?/m1/s1. The number of nitrogens with one attached hydrogen (secondary N) is 2. The first-order chi connectivity index (χ1) is 22.7. The average molecular weight is 692 g/mol. The van der Waals surface area contributed by atoms with E-state index in [1.165, 1.54) is 29.2 Å². The fourth-order valence-electron chi connectivity index (χ4n) is 8.12. The van der Waals surface area contributed by atoms with Crippen LogP contribution in [0.3, 0.4) is 0 Å². The molecule has 4 aromatic rings. The molecule has 7 atom stereocenters. The summed E-state index contributed by atoms with van der Waals surface area (Å²) in [5.74, 6) is -1.96. The number of nitrogens with zero attached hydrogens (tertiary/aromatic N) is 1. The van der Waals surface area contributed by atoms with Crippen LogP contribution in [-0.2, 0) is 14.4 Å². The maximum atomic E-state index is 14.0. The lowest BCUT2D eigenvalue weighted by molar-refractivity contribution is -0.123. The Balaban J connectivity index is 1.12. The molecule has 2 aliphatic heterocycles. The molecule has 1 saturated heterocycles. The number of carbonyl (C=O) groups is 3. The molecule has 0 spiro atoms. The first-order valence-electron chi connectivity index (χ1n) is 15.1. The van der Waals surface area contributed by atoms with E-state index in [4.69, 9.17) is 21.1 Å². The van der Waals surface area contributed by atoms with Crippen molar-refractivity contribution in [3.8, 4) is 11.5 Å². The van der Waals surface area contributed by atoms with E-state index in [-0.39, 0.29) is 58.1 Å². The SMILES string of the molecule is COc1ccc(NC(=O)COc2ccc(Cl)cc2[C@H]2c3sc(=O)[nH]c3SC3C2[C@H]2C[C@@H]3C3C(=O)N(c4ccc(F)cc4)C(=O)C32)cc1. The van der Waals surface area contributed by atoms with E-state index >= 15 is 0 Å². The Morgan fingerprint density at radius 3 is 2.47 bits per heavy atom. The van der Waals surface area contributed by atoms with Gasteiger partial charge in [-0.15, -0.1) is 11.8 Å². The summed E-state index contributed by atoms with van der Waals surface area (Å²) in [5, 5.41) is 3.97. The van der Waals surface area contributed by atoms with Crippen molar-refractivity contribution in [1.82, 2.24) is 4.98 Å².